The van der Waals surface area contributed by atoms with Crippen molar-refractivity contribution in [2.45, 2.75) is 6.54 Å². The Labute approximate surface area is 200 Å². The summed E-state index contributed by atoms with van der Waals surface area (Å²) in [5.74, 6) is 0.565. The fourth-order valence-corrected chi connectivity index (χ4v) is 4.52. The molecular formula is C21H15BrClNO7S. The first kappa shape index (κ1) is 22.5. The lowest BCUT2D eigenvalue weighted by atomic mass is 10.1. The summed E-state index contributed by atoms with van der Waals surface area (Å²) in [5.41, 5.74) is 1.25. The standard InChI is InChI=1S/C21H15BrClNO7S/c1-28-19(25)9-29-15-3-2-11(4-13(15)22)5-18-20(26)24(21(27)32-18)8-12-6-16-17(7-14(12)23)31-10-30-16/h2-7H,8-10H2,1H3/b18-5+. The van der Waals surface area contributed by atoms with E-state index in [0.717, 1.165) is 16.7 Å². The van der Waals surface area contributed by atoms with Crippen LogP contribution >= 0.6 is 39.3 Å². The molecule has 32 heavy (non-hydrogen) atoms. The van der Waals surface area contributed by atoms with Gasteiger partial charge in [0.05, 0.1) is 23.0 Å². The van der Waals surface area contributed by atoms with Crippen LogP contribution in [0, 0.1) is 0 Å². The molecular weight excluding hydrogens is 526 g/mol. The van der Waals surface area contributed by atoms with Crippen molar-refractivity contribution in [2.75, 3.05) is 20.5 Å². The number of fused-ring (bicyclic) bond motifs is 1. The quantitative estimate of drug-likeness (QED) is 0.387. The fraction of sp³-hybridized carbons (Fsp3) is 0.190. The van der Waals surface area contributed by atoms with E-state index in [1.807, 2.05) is 0 Å². The van der Waals surface area contributed by atoms with Crippen LogP contribution in [0.15, 0.2) is 39.7 Å². The summed E-state index contributed by atoms with van der Waals surface area (Å²) in [6.07, 6.45) is 1.61. The molecule has 166 valence electrons. The molecule has 0 aromatic heterocycles. The van der Waals surface area contributed by atoms with E-state index < -0.39 is 17.1 Å². The number of rotatable bonds is 6. The first-order valence-corrected chi connectivity index (χ1v) is 11.2. The number of esters is 1. The first-order valence-electron chi connectivity index (χ1n) is 9.18. The highest BCUT2D eigenvalue weighted by molar-refractivity contribution is 9.10. The van der Waals surface area contributed by atoms with Crippen molar-refractivity contribution in [1.29, 1.82) is 0 Å². The predicted octanol–water partition coefficient (Wildman–Crippen LogP) is 4.62. The van der Waals surface area contributed by atoms with Crippen molar-refractivity contribution < 1.29 is 33.3 Å². The summed E-state index contributed by atoms with van der Waals surface area (Å²) in [6.45, 7) is -0.112. The van der Waals surface area contributed by atoms with E-state index in [2.05, 4.69) is 20.7 Å². The Morgan fingerprint density at radius 3 is 2.72 bits per heavy atom. The molecule has 1 fully saturated rings. The van der Waals surface area contributed by atoms with Crippen LogP contribution in [0.2, 0.25) is 5.02 Å². The number of ether oxygens (including phenoxy) is 4. The maximum atomic E-state index is 12.9. The number of benzene rings is 2. The van der Waals surface area contributed by atoms with E-state index in [1.54, 1.807) is 36.4 Å². The van der Waals surface area contributed by atoms with Crippen LogP contribution in [0.4, 0.5) is 4.79 Å². The first-order chi connectivity index (χ1) is 15.4. The van der Waals surface area contributed by atoms with E-state index in [4.69, 9.17) is 25.8 Å². The summed E-state index contributed by atoms with van der Waals surface area (Å²) in [7, 11) is 1.28. The Morgan fingerprint density at radius 2 is 2.00 bits per heavy atom. The van der Waals surface area contributed by atoms with Crippen LogP contribution in [-0.2, 0) is 20.9 Å². The third-order valence-corrected chi connectivity index (χ3v) is 6.45. The lowest BCUT2D eigenvalue weighted by Gasteiger charge is -2.14. The van der Waals surface area contributed by atoms with Crippen LogP contribution in [0.5, 0.6) is 17.2 Å². The average Bonchev–Trinajstić information content (AvgIpc) is 3.32. The number of carbonyl (C=O) groups excluding carboxylic acids is 3. The molecule has 2 aromatic rings. The lowest BCUT2D eigenvalue weighted by Crippen LogP contribution is -2.27. The second-order valence-corrected chi connectivity index (χ2v) is 8.87. The molecule has 2 aromatic carbocycles. The van der Waals surface area contributed by atoms with Crippen molar-refractivity contribution >= 4 is 62.5 Å². The molecule has 0 unspecified atom stereocenters. The number of imide groups is 1. The van der Waals surface area contributed by atoms with Crippen molar-refractivity contribution in [2.24, 2.45) is 0 Å². The van der Waals surface area contributed by atoms with Gasteiger partial charge in [-0.25, -0.2) is 4.79 Å². The van der Waals surface area contributed by atoms with E-state index in [9.17, 15) is 14.4 Å². The minimum absolute atomic E-state index is 0.0154. The molecule has 0 aliphatic carbocycles. The van der Waals surface area contributed by atoms with Crippen LogP contribution in [0.1, 0.15) is 11.1 Å². The Bertz CT molecular complexity index is 1150. The van der Waals surface area contributed by atoms with Crippen LogP contribution in [0.25, 0.3) is 6.08 Å². The molecule has 0 saturated carbocycles. The number of hydrogen-bond donors (Lipinski definition) is 0. The smallest absolute Gasteiger partial charge is 0.343 e. The Balaban J connectivity index is 1.49. The van der Waals surface area contributed by atoms with Crippen LogP contribution in [0.3, 0.4) is 0 Å². The third-order valence-electron chi connectivity index (χ3n) is 4.57. The van der Waals surface area contributed by atoms with Gasteiger partial charge in [0.25, 0.3) is 11.1 Å². The van der Waals surface area contributed by atoms with Crippen LogP contribution < -0.4 is 14.2 Å². The summed E-state index contributed by atoms with van der Waals surface area (Å²) >= 11 is 10.5. The van der Waals surface area contributed by atoms with Gasteiger partial charge in [0.15, 0.2) is 18.1 Å². The fourth-order valence-electron chi connectivity index (χ4n) is 2.96. The highest BCUT2D eigenvalue weighted by Crippen LogP contribution is 2.39. The summed E-state index contributed by atoms with van der Waals surface area (Å²) in [6, 6.07) is 8.35. The van der Waals surface area contributed by atoms with Gasteiger partial charge in [-0.15, -0.1) is 0 Å². The van der Waals surface area contributed by atoms with E-state index in [1.165, 1.54) is 7.11 Å². The van der Waals surface area contributed by atoms with Gasteiger partial charge >= 0.3 is 5.97 Å². The van der Waals surface area contributed by atoms with Crippen molar-refractivity contribution in [3.05, 3.63) is 55.9 Å². The Hall–Kier alpha value is -2.69. The Kier molecular flexibility index (Phi) is 6.63. The topological polar surface area (TPSA) is 91.4 Å². The van der Waals surface area contributed by atoms with Crippen molar-refractivity contribution in [1.82, 2.24) is 4.90 Å². The molecule has 0 radical (unpaired) electrons. The molecule has 0 atom stereocenters. The molecule has 2 heterocycles. The number of thioether (sulfide) groups is 1. The largest absolute Gasteiger partial charge is 0.481 e. The number of methoxy groups -OCH3 is 1. The zero-order valence-corrected chi connectivity index (χ0v) is 19.7. The zero-order chi connectivity index (χ0) is 22.8. The molecule has 1 saturated heterocycles. The van der Waals surface area contributed by atoms with E-state index >= 15 is 0 Å². The molecule has 2 amide bonds. The van der Waals surface area contributed by atoms with Gasteiger partial charge in [0.1, 0.15) is 5.75 Å². The van der Waals surface area contributed by atoms with E-state index in [-0.39, 0.29) is 24.8 Å². The van der Waals surface area contributed by atoms with E-state index in [0.29, 0.717) is 37.9 Å². The van der Waals surface area contributed by atoms with Gasteiger partial charge in [-0.3, -0.25) is 14.5 Å². The van der Waals surface area contributed by atoms with Gasteiger partial charge in [-0.05, 0) is 63.1 Å². The van der Waals surface area contributed by atoms with Gasteiger partial charge in [0, 0.05) is 11.1 Å². The number of halogens is 2. The molecule has 0 N–H and O–H groups in total. The maximum absolute atomic E-state index is 12.9. The minimum Gasteiger partial charge on any atom is -0.481 e. The predicted molar refractivity (Wildman–Crippen MR) is 121 cm³/mol. The normalized spacial score (nSPS) is 16.1. The highest BCUT2D eigenvalue weighted by Gasteiger charge is 2.35. The number of nitrogens with zero attached hydrogens (tertiary/aromatic N) is 1. The number of amides is 2. The van der Waals surface area contributed by atoms with Gasteiger partial charge < -0.3 is 18.9 Å². The van der Waals surface area contributed by atoms with Crippen LogP contribution in [-0.4, -0.2) is 42.5 Å². The van der Waals surface area contributed by atoms with Crippen molar-refractivity contribution in [3.63, 3.8) is 0 Å². The number of carbonyl (C=O) groups is 3. The SMILES string of the molecule is COC(=O)COc1ccc(/C=C2/SC(=O)N(Cc3cc4c(cc3Cl)OCO4)C2=O)cc1Br. The summed E-state index contributed by atoms with van der Waals surface area (Å²) in [5, 5.41) is -0.0177. The monoisotopic (exact) mass is 539 g/mol. The third kappa shape index (κ3) is 4.72. The molecule has 0 bridgehead atoms. The highest BCUT2D eigenvalue weighted by atomic mass is 79.9. The molecule has 2 aliphatic rings. The van der Waals surface area contributed by atoms with Gasteiger partial charge in [-0.2, -0.15) is 0 Å². The van der Waals surface area contributed by atoms with Gasteiger partial charge in [-0.1, -0.05) is 17.7 Å². The zero-order valence-electron chi connectivity index (χ0n) is 16.6. The molecule has 0 spiro atoms. The Morgan fingerprint density at radius 1 is 1.25 bits per heavy atom. The van der Waals surface area contributed by atoms with Gasteiger partial charge in [0.2, 0.25) is 6.79 Å². The molecule has 2 aliphatic heterocycles. The second-order valence-electron chi connectivity index (χ2n) is 6.62. The molecule has 11 heteroatoms. The summed E-state index contributed by atoms with van der Waals surface area (Å²) in [4.78, 5) is 38.0. The molecule has 8 nitrogen and oxygen atoms in total. The lowest BCUT2D eigenvalue weighted by molar-refractivity contribution is -0.142. The van der Waals surface area contributed by atoms with Crippen molar-refractivity contribution in [3.8, 4) is 17.2 Å². The summed E-state index contributed by atoms with van der Waals surface area (Å²) < 4.78 is 21.1. The number of hydrogen-bond acceptors (Lipinski definition) is 8. The average molecular weight is 541 g/mol. The maximum Gasteiger partial charge on any atom is 0.343 e. The molecule has 4 rings (SSSR count). The second kappa shape index (κ2) is 9.43. The minimum atomic E-state index is -0.503.